The predicted octanol–water partition coefficient (Wildman–Crippen LogP) is 3.41. The van der Waals surface area contributed by atoms with Crippen LogP contribution in [0.1, 0.15) is 33.3 Å². The fourth-order valence-electron chi connectivity index (χ4n) is 3.31. The molecule has 1 aliphatic rings. The van der Waals surface area contributed by atoms with Crippen molar-refractivity contribution in [1.82, 2.24) is 10.5 Å². The number of rotatable bonds is 5. The Bertz CT molecular complexity index is 965. The van der Waals surface area contributed by atoms with Crippen molar-refractivity contribution in [3.8, 4) is 11.1 Å². The fourth-order valence-corrected chi connectivity index (χ4v) is 3.31. The molecule has 0 radical (unpaired) electrons. The summed E-state index contributed by atoms with van der Waals surface area (Å²) in [4.78, 5) is 22.8. The van der Waals surface area contributed by atoms with Crippen LogP contribution in [-0.2, 0) is 11.3 Å². The van der Waals surface area contributed by atoms with Gasteiger partial charge in [-0.2, -0.15) is 0 Å². The van der Waals surface area contributed by atoms with Gasteiger partial charge in [0.15, 0.2) is 0 Å². The van der Waals surface area contributed by atoms with E-state index in [2.05, 4.69) is 27.1 Å². The molecule has 2 N–H and O–H groups in total. The molecule has 3 aromatic rings. The van der Waals surface area contributed by atoms with Gasteiger partial charge >= 0.3 is 12.1 Å². The van der Waals surface area contributed by atoms with Crippen molar-refractivity contribution >= 4 is 12.1 Å². The number of carbonyl (C=O) groups excluding carboxylic acids is 1. The van der Waals surface area contributed by atoms with E-state index in [9.17, 15) is 9.59 Å². The third-order valence-electron chi connectivity index (χ3n) is 4.53. The van der Waals surface area contributed by atoms with Gasteiger partial charge in [-0.15, -0.1) is 0 Å². The first-order valence-corrected chi connectivity index (χ1v) is 8.41. The van der Waals surface area contributed by atoms with Crippen LogP contribution in [0.25, 0.3) is 11.1 Å². The van der Waals surface area contributed by atoms with Crippen molar-refractivity contribution in [3.63, 3.8) is 0 Å². The summed E-state index contributed by atoms with van der Waals surface area (Å²) in [5.74, 6) is -1.51. The van der Waals surface area contributed by atoms with Gasteiger partial charge in [-0.05, 0) is 22.3 Å². The number of nitrogens with zero attached hydrogens (tertiary/aromatic N) is 1. The van der Waals surface area contributed by atoms with Crippen LogP contribution >= 0.6 is 0 Å². The molecule has 2 aromatic carbocycles. The lowest BCUT2D eigenvalue weighted by Crippen LogP contribution is -2.25. The van der Waals surface area contributed by atoms with Crippen LogP contribution in [-0.4, -0.2) is 28.9 Å². The number of hydrogen-bond acceptors (Lipinski definition) is 5. The van der Waals surface area contributed by atoms with Crippen LogP contribution in [0, 0.1) is 0 Å². The molecule has 136 valence electrons. The van der Waals surface area contributed by atoms with E-state index in [-0.39, 0.29) is 24.8 Å². The first kappa shape index (κ1) is 16.8. The number of hydrogen-bond donors (Lipinski definition) is 2. The highest BCUT2D eigenvalue weighted by Gasteiger charge is 2.28. The summed E-state index contributed by atoms with van der Waals surface area (Å²) in [6.07, 6.45) is -0.600. The van der Waals surface area contributed by atoms with Gasteiger partial charge in [0.2, 0.25) is 5.76 Å². The minimum atomic E-state index is -1.21. The molecule has 1 heterocycles. The van der Waals surface area contributed by atoms with E-state index < -0.39 is 12.1 Å². The second-order valence-electron chi connectivity index (χ2n) is 6.17. The molecule has 1 amide bonds. The summed E-state index contributed by atoms with van der Waals surface area (Å²) in [5, 5.41) is 14.9. The van der Waals surface area contributed by atoms with Gasteiger partial charge < -0.3 is 19.7 Å². The van der Waals surface area contributed by atoms with Gasteiger partial charge in [0.1, 0.15) is 12.3 Å². The number of nitrogens with one attached hydrogen (secondary N) is 1. The Labute approximate surface area is 154 Å². The number of ether oxygens (including phenoxy) is 1. The first-order valence-electron chi connectivity index (χ1n) is 8.41. The summed E-state index contributed by atoms with van der Waals surface area (Å²) in [6.45, 7) is 0.229. The largest absolute Gasteiger partial charge is 0.475 e. The molecule has 0 saturated heterocycles. The molecule has 0 saturated carbocycles. The highest BCUT2D eigenvalue weighted by atomic mass is 16.5. The monoisotopic (exact) mass is 364 g/mol. The van der Waals surface area contributed by atoms with Crippen LogP contribution in [0.15, 0.2) is 59.1 Å². The van der Waals surface area contributed by atoms with E-state index in [0.29, 0.717) is 5.69 Å². The molecule has 7 heteroatoms. The van der Waals surface area contributed by atoms with E-state index in [1.807, 2.05) is 36.4 Å². The zero-order valence-electron chi connectivity index (χ0n) is 14.2. The molecule has 4 rings (SSSR count). The van der Waals surface area contributed by atoms with Crippen molar-refractivity contribution < 1.29 is 24.0 Å². The van der Waals surface area contributed by atoms with Crippen LogP contribution in [0.5, 0.6) is 0 Å². The Balaban J connectivity index is 1.39. The van der Waals surface area contributed by atoms with Gasteiger partial charge in [-0.25, -0.2) is 9.59 Å². The highest BCUT2D eigenvalue weighted by Crippen LogP contribution is 2.44. The topological polar surface area (TPSA) is 102 Å². The number of aromatic nitrogens is 1. The number of carbonyl (C=O) groups is 2. The smallest absolute Gasteiger partial charge is 0.407 e. The number of carboxylic acids is 1. The first-order chi connectivity index (χ1) is 13.1. The second kappa shape index (κ2) is 6.95. The third kappa shape index (κ3) is 3.27. The number of aromatic carboxylic acids is 1. The number of carboxylic acid groups (broad SMARTS) is 1. The van der Waals surface area contributed by atoms with E-state index >= 15 is 0 Å². The van der Waals surface area contributed by atoms with Crippen molar-refractivity contribution in [1.29, 1.82) is 0 Å². The van der Waals surface area contributed by atoms with Crippen LogP contribution in [0.2, 0.25) is 0 Å². The molecule has 0 atom stereocenters. The Morgan fingerprint density at radius 2 is 1.70 bits per heavy atom. The van der Waals surface area contributed by atoms with E-state index in [1.165, 1.54) is 6.07 Å². The molecular formula is C20H16N2O5. The SMILES string of the molecule is O=C(NCc1cc(C(=O)O)on1)OCC1c2ccccc2-c2ccccc21. The molecule has 0 bridgehead atoms. The zero-order chi connectivity index (χ0) is 18.8. The fraction of sp³-hybridized carbons (Fsp3) is 0.150. The molecule has 27 heavy (non-hydrogen) atoms. The molecular weight excluding hydrogens is 348 g/mol. The minimum Gasteiger partial charge on any atom is -0.475 e. The lowest BCUT2D eigenvalue weighted by molar-refractivity contribution is 0.0651. The Morgan fingerprint density at radius 1 is 1.07 bits per heavy atom. The Kier molecular flexibility index (Phi) is 4.33. The second-order valence-corrected chi connectivity index (χ2v) is 6.17. The zero-order valence-corrected chi connectivity index (χ0v) is 14.2. The number of alkyl carbamates (subject to hydrolysis) is 1. The third-order valence-corrected chi connectivity index (χ3v) is 4.53. The standard InChI is InChI=1S/C20H16N2O5/c23-19(24)18-9-12(22-27-18)10-21-20(25)26-11-17-15-7-3-1-5-13(15)14-6-2-4-8-16(14)17/h1-9,17H,10-11H2,(H,21,25)(H,23,24). The lowest BCUT2D eigenvalue weighted by atomic mass is 9.98. The summed E-state index contributed by atoms with van der Waals surface area (Å²) < 4.78 is 10.0. The molecule has 0 aliphatic heterocycles. The van der Waals surface area contributed by atoms with Crippen molar-refractivity contribution in [2.75, 3.05) is 6.61 Å². The number of fused-ring (bicyclic) bond motifs is 3. The van der Waals surface area contributed by atoms with Gasteiger partial charge in [0.05, 0.1) is 6.54 Å². The summed E-state index contributed by atoms with van der Waals surface area (Å²) in [6, 6.07) is 17.4. The number of benzene rings is 2. The molecule has 1 aliphatic carbocycles. The van der Waals surface area contributed by atoms with Crippen molar-refractivity contribution in [3.05, 3.63) is 77.2 Å². The van der Waals surface area contributed by atoms with E-state index in [4.69, 9.17) is 9.84 Å². The molecule has 0 fully saturated rings. The van der Waals surface area contributed by atoms with Crippen molar-refractivity contribution in [2.24, 2.45) is 0 Å². The summed E-state index contributed by atoms with van der Waals surface area (Å²) in [5.41, 5.74) is 4.89. The maximum absolute atomic E-state index is 12.0. The van der Waals surface area contributed by atoms with Crippen molar-refractivity contribution in [2.45, 2.75) is 12.5 Å². The van der Waals surface area contributed by atoms with Crippen LogP contribution in [0.4, 0.5) is 4.79 Å². The predicted molar refractivity (Wildman–Crippen MR) is 95.4 cm³/mol. The molecule has 0 spiro atoms. The molecule has 7 nitrogen and oxygen atoms in total. The number of amides is 1. The Morgan fingerprint density at radius 3 is 2.30 bits per heavy atom. The van der Waals surface area contributed by atoms with E-state index in [1.54, 1.807) is 0 Å². The van der Waals surface area contributed by atoms with Crippen LogP contribution in [0.3, 0.4) is 0 Å². The summed E-state index contributed by atoms with van der Waals surface area (Å²) in [7, 11) is 0. The average Bonchev–Trinajstić information content (AvgIpc) is 3.28. The van der Waals surface area contributed by atoms with Gasteiger partial charge in [-0.1, -0.05) is 53.7 Å². The van der Waals surface area contributed by atoms with Crippen LogP contribution < -0.4 is 5.32 Å². The highest BCUT2D eigenvalue weighted by molar-refractivity contribution is 5.84. The minimum absolute atomic E-state index is 0.0196. The molecule has 0 unspecified atom stereocenters. The maximum atomic E-state index is 12.0. The molecule has 1 aromatic heterocycles. The van der Waals surface area contributed by atoms with Gasteiger partial charge in [0, 0.05) is 12.0 Å². The lowest BCUT2D eigenvalue weighted by Gasteiger charge is -2.14. The average molecular weight is 364 g/mol. The van der Waals surface area contributed by atoms with Gasteiger partial charge in [-0.3, -0.25) is 0 Å². The maximum Gasteiger partial charge on any atom is 0.407 e. The Hall–Kier alpha value is -3.61. The van der Waals surface area contributed by atoms with E-state index in [0.717, 1.165) is 22.3 Å². The summed E-state index contributed by atoms with van der Waals surface area (Å²) >= 11 is 0. The normalized spacial score (nSPS) is 12.3. The quantitative estimate of drug-likeness (QED) is 0.719. The van der Waals surface area contributed by atoms with Gasteiger partial charge in [0.25, 0.3) is 0 Å².